The second-order valence-corrected chi connectivity index (χ2v) is 4.88. The number of rotatable bonds is 4. The van der Waals surface area contributed by atoms with E-state index in [4.69, 9.17) is 4.74 Å². The van der Waals surface area contributed by atoms with Crippen LogP contribution < -0.4 is 0 Å². The van der Waals surface area contributed by atoms with Crippen LogP contribution in [0.4, 0.5) is 13.2 Å². The topological polar surface area (TPSA) is 9.23 Å². The molecule has 0 aromatic rings. The van der Waals surface area contributed by atoms with Gasteiger partial charge in [-0.2, -0.15) is 13.2 Å². The second kappa shape index (κ2) is 6.83. The number of allylic oxidation sites excluding steroid dienone is 4. The van der Waals surface area contributed by atoms with Crippen molar-refractivity contribution in [3.05, 3.63) is 36.1 Å². The van der Waals surface area contributed by atoms with Crippen molar-refractivity contribution in [3.63, 3.8) is 0 Å². The molecule has 1 rings (SSSR count). The predicted octanol–water partition coefficient (Wildman–Crippen LogP) is 5.16. The lowest BCUT2D eigenvalue weighted by molar-refractivity contribution is -0.186. The molecule has 0 saturated heterocycles. The first-order valence-electron chi connectivity index (χ1n) is 6.57. The molecule has 0 bridgehead atoms. The van der Waals surface area contributed by atoms with Crippen molar-refractivity contribution in [3.8, 4) is 0 Å². The molecule has 0 spiro atoms. The highest BCUT2D eigenvalue weighted by Crippen LogP contribution is 2.38. The minimum Gasteiger partial charge on any atom is -0.490 e. The van der Waals surface area contributed by atoms with E-state index in [9.17, 15) is 13.2 Å². The van der Waals surface area contributed by atoms with Crippen molar-refractivity contribution in [2.45, 2.75) is 51.8 Å². The molecule has 4 heteroatoms. The summed E-state index contributed by atoms with van der Waals surface area (Å²) in [5.74, 6) is -0.506. The smallest absolute Gasteiger partial charge is 0.391 e. The van der Waals surface area contributed by atoms with Crippen LogP contribution in [0.15, 0.2) is 36.1 Å². The Kier molecular flexibility index (Phi) is 5.70. The van der Waals surface area contributed by atoms with E-state index in [1.165, 1.54) is 0 Å². The van der Waals surface area contributed by atoms with Crippen LogP contribution in [0.25, 0.3) is 0 Å². The number of hydrogen-bond donors (Lipinski definition) is 0. The molecule has 0 amide bonds. The maximum Gasteiger partial charge on any atom is 0.391 e. The van der Waals surface area contributed by atoms with E-state index in [-0.39, 0.29) is 18.9 Å². The highest BCUT2D eigenvalue weighted by molar-refractivity contribution is 5.26. The molecule has 1 nitrogen and oxygen atoms in total. The van der Waals surface area contributed by atoms with E-state index in [1.807, 2.05) is 26.0 Å². The van der Waals surface area contributed by atoms with Gasteiger partial charge in [0.2, 0.25) is 0 Å². The van der Waals surface area contributed by atoms with E-state index in [0.717, 1.165) is 5.57 Å². The Bertz CT molecular complexity index is 358. The van der Waals surface area contributed by atoms with E-state index in [0.29, 0.717) is 18.6 Å². The fourth-order valence-electron chi connectivity index (χ4n) is 2.32. The minimum absolute atomic E-state index is 0.133. The zero-order valence-electron chi connectivity index (χ0n) is 11.5. The van der Waals surface area contributed by atoms with Crippen LogP contribution in [-0.4, -0.2) is 12.3 Å². The maximum atomic E-state index is 12.6. The maximum absolute atomic E-state index is 12.6. The minimum atomic E-state index is -4.07. The number of alkyl halides is 3. The Labute approximate surface area is 112 Å². The van der Waals surface area contributed by atoms with Crippen molar-refractivity contribution >= 4 is 0 Å². The zero-order chi connectivity index (χ0) is 14.5. The normalized spacial score (nSPS) is 26.2. The van der Waals surface area contributed by atoms with Crippen LogP contribution in [-0.2, 0) is 4.74 Å². The highest BCUT2D eigenvalue weighted by atomic mass is 19.4. The molecule has 0 aromatic heterocycles. The molecule has 1 aliphatic carbocycles. The Hall–Kier alpha value is -1.19. The van der Waals surface area contributed by atoms with Crippen molar-refractivity contribution < 1.29 is 17.9 Å². The van der Waals surface area contributed by atoms with Crippen LogP contribution in [0.3, 0.4) is 0 Å². The lowest BCUT2D eigenvalue weighted by Crippen LogP contribution is -2.30. The Morgan fingerprint density at radius 2 is 1.79 bits per heavy atom. The van der Waals surface area contributed by atoms with Gasteiger partial charge in [-0.05, 0) is 51.2 Å². The van der Waals surface area contributed by atoms with Gasteiger partial charge in [-0.15, -0.1) is 0 Å². The molecule has 0 N–H and O–H groups in total. The number of halogens is 3. The van der Waals surface area contributed by atoms with E-state index < -0.39 is 12.1 Å². The van der Waals surface area contributed by atoms with Crippen LogP contribution >= 0.6 is 0 Å². The van der Waals surface area contributed by atoms with Gasteiger partial charge in [-0.25, -0.2) is 0 Å². The van der Waals surface area contributed by atoms with Crippen molar-refractivity contribution in [1.82, 2.24) is 0 Å². The van der Waals surface area contributed by atoms with Crippen LogP contribution in [0, 0.1) is 5.92 Å². The average Bonchev–Trinajstić information content (AvgIpc) is 2.35. The molecular formula is C15H21F3O. The summed E-state index contributed by atoms with van der Waals surface area (Å²) in [5.41, 5.74) is 0.940. The Balaban J connectivity index is 2.57. The van der Waals surface area contributed by atoms with Crippen molar-refractivity contribution in [1.29, 1.82) is 0 Å². The van der Waals surface area contributed by atoms with Gasteiger partial charge in [0.1, 0.15) is 5.76 Å². The van der Waals surface area contributed by atoms with Crippen molar-refractivity contribution in [2.24, 2.45) is 5.92 Å². The van der Waals surface area contributed by atoms with Gasteiger partial charge in [0.05, 0.1) is 12.0 Å². The fraction of sp³-hybridized carbons (Fsp3) is 0.600. The molecule has 1 fully saturated rings. The Morgan fingerprint density at radius 3 is 2.21 bits per heavy atom. The van der Waals surface area contributed by atoms with Gasteiger partial charge in [-0.3, -0.25) is 0 Å². The third-order valence-corrected chi connectivity index (χ3v) is 3.42. The first-order chi connectivity index (χ1) is 8.88. The quantitative estimate of drug-likeness (QED) is 0.508. The monoisotopic (exact) mass is 274 g/mol. The largest absolute Gasteiger partial charge is 0.490 e. The van der Waals surface area contributed by atoms with Crippen molar-refractivity contribution in [2.75, 3.05) is 0 Å². The molecular weight excluding hydrogens is 253 g/mol. The molecule has 0 atom stereocenters. The molecule has 0 aliphatic heterocycles. The predicted molar refractivity (Wildman–Crippen MR) is 70.6 cm³/mol. The molecule has 1 saturated carbocycles. The lowest BCUT2D eigenvalue weighted by Gasteiger charge is -2.30. The van der Waals surface area contributed by atoms with Crippen LogP contribution in [0.5, 0.6) is 0 Å². The SMILES string of the molecule is C=C/C(O[C@H]1CC[C@@H](C(F)(F)F)CC1)=C(C)/C=C\C. The summed E-state index contributed by atoms with van der Waals surface area (Å²) in [6.45, 7) is 7.49. The third-order valence-electron chi connectivity index (χ3n) is 3.42. The van der Waals surface area contributed by atoms with Gasteiger partial charge in [-0.1, -0.05) is 18.7 Å². The van der Waals surface area contributed by atoms with Gasteiger partial charge in [0, 0.05) is 0 Å². The van der Waals surface area contributed by atoms with Gasteiger partial charge < -0.3 is 4.74 Å². The summed E-state index contributed by atoms with van der Waals surface area (Å²) in [4.78, 5) is 0. The summed E-state index contributed by atoms with van der Waals surface area (Å²) < 4.78 is 43.4. The standard InChI is InChI=1S/C15H21F3O/c1-4-6-11(3)14(5-2)19-13-9-7-12(8-10-13)15(16,17)18/h4-6,12-13H,2,7-10H2,1,3H3/b6-4-,14-11-/t12-,13+. The molecule has 1 aliphatic rings. The second-order valence-electron chi connectivity index (χ2n) is 4.88. The van der Waals surface area contributed by atoms with Gasteiger partial charge in [0.15, 0.2) is 0 Å². The molecule has 108 valence electrons. The molecule has 0 radical (unpaired) electrons. The fourth-order valence-corrected chi connectivity index (χ4v) is 2.32. The molecule has 0 aromatic carbocycles. The molecule has 19 heavy (non-hydrogen) atoms. The van der Waals surface area contributed by atoms with E-state index in [1.54, 1.807) is 6.08 Å². The third kappa shape index (κ3) is 4.77. The number of hydrogen-bond acceptors (Lipinski definition) is 1. The number of ether oxygens (including phenoxy) is 1. The highest BCUT2D eigenvalue weighted by Gasteiger charge is 2.41. The van der Waals surface area contributed by atoms with Crippen LogP contribution in [0.1, 0.15) is 39.5 Å². The lowest BCUT2D eigenvalue weighted by atomic mass is 9.87. The summed E-state index contributed by atoms with van der Waals surface area (Å²) in [6, 6.07) is 0. The average molecular weight is 274 g/mol. The first kappa shape index (κ1) is 15.9. The summed E-state index contributed by atoms with van der Waals surface area (Å²) in [5, 5.41) is 0. The first-order valence-corrected chi connectivity index (χ1v) is 6.57. The van der Waals surface area contributed by atoms with Gasteiger partial charge >= 0.3 is 6.18 Å². The van der Waals surface area contributed by atoms with Gasteiger partial charge in [0.25, 0.3) is 0 Å². The van der Waals surface area contributed by atoms with E-state index >= 15 is 0 Å². The summed E-state index contributed by atoms with van der Waals surface area (Å²) in [6.07, 6.45) is 2.42. The molecule has 0 unspecified atom stereocenters. The Morgan fingerprint density at radius 1 is 1.21 bits per heavy atom. The summed E-state index contributed by atoms with van der Waals surface area (Å²) >= 11 is 0. The zero-order valence-corrected chi connectivity index (χ0v) is 11.5. The van der Waals surface area contributed by atoms with Crippen LogP contribution in [0.2, 0.25) is 0 Å². The van der Waals surface area contributed by atoms with E-state index in [2.05, 4.69) is 6.58 Å². The summed E-state index contributed by atoms with van der Waals surface area (Å²) in [7, 11) is 0. The molecule has 0 heterocycles.